The van der Waals surface area contributed by atoms with Crippen LogP contribution in [0.1, 0.15) is 39.5 Å². The van der Waals surface area contributed by atoms with Gasteiger partial charge < -0.3 is 11.5 Å². The fraction of sp³-hybridized carbons (Fsp3) is 0.900. The van der Waals surface area contributed by atoms with Crippen LogP contribution in [0.5, 0.6) is 0 Å². The Morgan fingerprint density at radius 2 is 1.62 bits per heavy atom. The van der Waals surface area contributed by atoms with Crippen LogP contribution in [0.15, 0.2) is 0 Å². The highest BCUT2D eigenvalue weighted by Crippen LogP contribution is 2.16. The van der Waals surface area contributed by atoms with Crippen LogP contribution in [0.25, 0.3) is 0 Å². The maximum Gasteiger partial charge on any atom is 0.235 e. The molecule has 0 aromatic carbocycles. The van der Waals surface area contributed by atoms with Gasteiger partial charge in [-0.1, -0.05) is 26.7 Å². The summed E-state index contributed by atoms with van der Waals surface area (Å²) in [7, 11) is -3.32. The maximum atomic E-state index is 11.9. The largest absolute Gasteiger partial charge is 0.368 e. The van der Waals surface area contributed by atoms with E-state index in [1.165, 1.54) is 0 Å². The summed E-state index contributed by atoms with van der Waals surface area (Å²) < 4.78 is 23.9. The Hall–Kier alpha value is -0.620. The molecule has 0 aliphatic heterocycles. The second kappa shape index (κ2) is 6.85. The van der Waals surface area contributed by atoms with Crippen molar-refractivity contribution in [2.45, 2.75) is 50.8 Å². The predicted molar refractivity (Wildman–Crippen MR) is 64.6 cm³/mol. The Kier molecular flexibility index (Phi) is 6.59. The molecule has 0 aromatic heterocycles. The van der Waals surface area contributed by atoms with E-state index in [0.29, 0.717) is 12.8 Å². The highest BCUT2D eigenvalue weighted by Gasteiger charge is 2.27. The molecule has 0 rings (SSSR count). The van der Waals surface area contributed by atoms with Gasteiger partial charge in [-0.05, 0) is 12.8 Å². The molecule has 0 saturated heterocycles. The van der Waals surface area contributed by atoms with Crippen molar-refractivity contribution in [2.24, 2.45) is 11.5 Å². The zero-order valence-electron chi connectivity index (χ0n) is 9.98. The van der Waals surface area contributed by atoms with Crippen molar-refractivity contribution in [3.05, 3.63) is 0 Å². The number of rotatable bonds is 8. The van der Waals surface area contributed by atoms with E-state index < -0.39 is 27.0 Å². The Bertz CT molecular complexity index is 308. The first-order valence-electron chi connectivity index (χ1n) is 5.61. The summed E-state index contributed by atoms with van der Waals surface area (Å²) >= 11 is 0. The van der Waals surface area contributed by atoms with E-state index in [2.05, 4.69) is 0 Å². The van der Waals surface area contributed by atoms with Crippen molar-refractivity contribution in [2.75, 3.05) is 5.75 Å². The van der Waals surface area contributed by atoms with E-state index in [-0.39, 0.29) is 5.75 Å². The van der Waals surface area contributed by atoms with Gasteiger partial charge in [-0.15, -0.1) is 0 Å². The van der Waals surface area contributed by atoms with Crippen LogP contribution in [-0.4, -0.2) is 31.4 Å². The molecule has 0 aromatic rings. The summed E-state index contributed by atoms with van der Waals surface area (Å²) in [6, 6.07) is -1.10. The number of sulfone groups is 1. The number of carbonyl (C=O) groups excluding carboxylic acids is 1. The zero-order chi connectivity index (χ0) is 12.8. The van der Waals surface area contributed by atoms with Crippen LogP contribution >= 0.6 is 0 Å². The first-order valence-corrected chi connectivity index (χ1v) is 7.33. The number of nitrogens with two attached hydrogens (primary N) is 2. The summed E-state index contributed by atoms with van der Waals surface area (Å²) in [5, 5.41) is -0.395. The van der Waals surface area contributed by atoms with Crippen molar-refractivity contribution in [1.82, 2.24) is 0 Å². The fourth-order valence-corrected chi connectivity index (χ4v) is 3.74. The zero-order valence-corrected chi connectivity index (χ0v) is 10.8. The van der Waals surface area contributed by atoms with Crippen molar-refractivity contribution in [1.29, 1.82) is 0 Å². The van der Waals surface area contributed by atoms with Gasteiger partial charge in [0.2, 0.25) is 5.91 Å². The van der Waals surface area contributed by atoms with Gasteiger partial charge in [0.25, 0.3) is 0 Å². The molecule has 0 fully saturated rings. The number of hydrogen-bond donors (Lipinski definition) is 2. The summed E-state index contributed by atoms with van der Waals surface area (Å²) in [4.78, 5) is 10.7. The fourth-order valence-electron chi connectivity index (χ4n) is 1.62. The SMILES string of the molecule is CCCC(CCC)S(=O)(=O)C[C@@H](N)C(N)=O. The Morgan fingerprint density at radius 1 is 1.19 bits per heavy atom. The van der Waals surface area contributed by atoms with Gasteiger partial charge in [-0.2, -0.15) is 0 Å². The molecule has 4 N–H and O–H groups in total. The molecule has 6 heteroatoms. The molecule has 0 aliphatic rings. The Labute approximate surface area is 97.5 Å². The molecule has 16 heavy (non-hydrogen) atoms. The minimum atomic E-state index is -3.32. The molecule has 0 aliphatic carbocycles. The third-order valence-electron chi connectivity index (χ3n) is 2.51. The third kappa shape index (κ3) is 4.94. The standard InChI is InChI=1S/C10H22N2O3S/c1-3-5-8(6-4-2)16(14,15)7-9(11)10(12)13/h8-9H,3-7,11H2,1-2H3,(H2,12,13)/t9-/m1/s1. The minimum absolute atomic E-state index is 0.340. The van der Waals surface area contributed by atoms with E-state index in [9.17, 15) is 13.2 Å². The topological polar surface area (TPSA) is 103 Å². The Morgan fingerprint density at radius 3 is 1.94 bits per heavy atom. The molecular formula is C10H22N2O3S. The Balaban J connectivity index is 4.65. The maximum absolute atomic E-state index is 11.9. The van der Waals surface area contributed by atoms with E-state index >= 15 is 0 Å². The van der Waals surface area contributed by atoms with E-state index in [1.807, 2.05) is 13.8 Å². The molecule has 1 atom stereocenters. The van der Waals surface area contributed by atoms with Gasteiger partial charge >= 0.3 is 0 Å². The van der Waals surface area contributed by atoms with Crippen molar-refractivity contribution >= 4 is 15.7 Å². The smallest absolute Gasteiger partial charge is 0.235 e. The summed E-state index contributed by atoms with van der Waals surface area (Å²) in [5.74, 6) is -1.11. The average Bonchev–Trinajstić information content (AvgIpc) is 2.16. The van der Waals surface area contributed by atoms with Crippen LogP contribution in [0, 0.1) is 0 Å². The van der Waals surface area contributed by atoms with Gasteiger partial charge in [0.15, 0.2) is 9.84 Å². The predicted octanol–water partition coefficient (Wildman–Crippen LogP) is 0.183. The number of hydrogen-bond acceptors (Lipinski definition) is 4. The monoisotopic (exact) mass is 250 g/mol. The molecule has 0 saturated carbocycles. The van der Waals surface area contributed by atoms with Gasteiger partial charge in [0, 0.05) is 0 Å². The van der Waals surface area contributed by atoms with Crippen LogP contribution in [0.4, 0.5) is 0 Å². The number of primary amides is 1. The van der Waals surface area contributed by atoms with E-state index in [4.69, 9.17) is 11.5 Å². The van der Waals surface area contributed by atoms with E-state index in [1.54, 1.807) is 0 Å². The summed E-state index contributed by atoms with van der Waals surface area (Å²) in [5.41, 5.74) is 10.3. The summed E-state index contributed by atoms with van der Waals surface area (Å²) in [6.07, 6.45) is 2.83. The summed E-state index contributed by atoms with van der Waals surface area (Å²) in [6.45, 7) is 3.87. The highest BCUT2D eigenvalue weighted by atomic mass is 32.2. The molecule has 5 nitrogen and oxygen atoms in total. The molecular weight excluding hydrogens is 228 g/mol. The third-order valence-corrected chi connectivity index (χ3v) is 4.82. The second-order valence-corrected chi connectivity index (χ2v) is 6.36. The van der Waals surface area contributed by atoms with Crippen LogP contribution in [-0.2, 0) is 14.6 Å². The second-order valence-electron chi connectivity index (χ2n) is 4.04. The molecule has 1 amide bonds. The van der Waals surface area contributed by atoms with Crippen LogP contribution < -0.4 is 11.5 Å². The minimum Gasteiger partial charge on any atom is -0.368 e. The van der Waals surface area contributed by atoms with Gasteiger partial charge in [-0.3, -0.25) is 4.79 Å². The van der Waals surface area contributed by atoms with Crippen molar-refractivity contribution < 1.29 is 13.2 Å². The first-order chi connectivity index (χ1) is 7.35. The van der Waals surface area contributed by atoms with Gasteiger partial charge in [0.1, 0.15) is 0 Å². The molecule has 96 valence electrons. The number of carbonyl (C=O) groups is 1. The van der Waals surface area contributed by atoms with Crippen molar-refractivity contribution in [3.8, 4) is 0 Å². The quantitative estimate of drug-likeness (QED) is 0.641. The van der Waals surface area contributed by atoms with Gasteiger partial charge in [0.05, 0.1) is 17.0 Å². The normalized spacial score (nSPS) is 14.0. The lowest BCUT2D eigenvalue weighted by atomic mass is 10.2. The first kappa shape index (κ1) is 15.4. The van der Waals surface area contributed by atoms with Crippen LogP contribution in [0.2, 0.25) is 0 Å². The lowest BCUT2D eigenvalue weighted by molar-refractivity contribution is -0.118. The lowest BCUT2D eigenvalue weighted by Crippen LogP contribution is -2.44. The molecule has 0 heterocycles. The molecule has 0 spiro atoms. The molecule has 0 bridgehead atoms. The van der Waals surface area contributed by atoms with Gasteiger partial charge in [-0.25, -0.2) is 8.42 Å². The van der Waals surface area contributed by atoms with E-state index in [0.717, 1.165) is 12.8 Å². The highest BCUT2D eigenvalue weighted by molar-refractivity contribution is 7.92. The lowest BCUT2D eigenvalue weighted by Gasteiger charge is -2.17. The van der Waals surface area contributed by atoms with Crippen LogP contribution in [0.3, 0.4) is 0 Å². The molecule has 0 radical (unpaired) electrons. The van der Waals surface area contributed by atoms with Crippen molar-refractivity contribution in [3.63, 3.8) is 0 Å². The average molecular weight is 250 g/mol. The molecule has 0 unspecified atom stereocenters. The number of amides is 1.